The van der Waals surface area contributed by atoms with Crippen molar-refractivity contribution in [3.05, 3.63) is 71.9 Å². The molecule has 0 aliphatic carbocycles. The van der Waals surface area contributed by atoms with Crippen LogP contribution in [0, 0.1) is 6.92 Å². The molecule has 0 saturated carbocycles. The second-order valence-corrected chi connectivity index (χ2v) is 5.47. The number of carbonyl (C=O) groups is 1. The molecule has 0 spiro atoms. The summed E-state index contributed by atoms with van der Waals surface area (Å²) in [5, 5.41) is 0. The number of aromatic nitrogens is 1. The van der Waals surface area contributed by atoms with E-state index in [1.54, 1.807) is 14.0 Å². The van der Waals surface area contributed by atoms with Crippen LogP contribution >= 0.6 is 0 Å². The number of benzene rings is 2. The van der Waals surface area contributed by atoms with Crippen LogP contribution in [0.1, 0.15) is 16.1 Å². The monoisotopic (exact) mass is 318 g/mol. The van der Waals surface area contributed by atoms with Crippen molar-refractivity contribution in [3.63, 3.8) is 0 Å². The molecule has 3 rings (SSSR count). The number of hydrogen-bond acceptors (Lipinski definition) is 3. The van der Waals surface area contributed by atoms with Crippen LogP contribution in [0.4, 0.5) is 0 Å². The van der Waals surface area contributed by atoms with Gasteiger partial charge in [-0.15, -0.1) is 0 Å². The Kier molecular flexibility index (Phi) is 4.29. The van der Waals surface area contributed by atoms with E-state index in [-0.39, 0.29) is 0 Å². The van der Waals surface area contributed by atoms with Gasteiger partial charge in [-0.25, -0.2) is 0 Å². The molecular formula is C20H18N2O2. The fraction of sp³-hybridized carbons (Fsp3) is 0.100. The average molecular weight is 318 g/mol. The third-order valence-corrected chi connectivity index (χ3v) is 3.92. The summed E-state index contributed by atoms with van der Waals surface area (Å²) in [7, 11) is 1.62. The van der Waals surface area contributed by atoms with E-state index in [9.17, 15) is 4.79 Å². The average Bonchev–Trinajstić information content (AvgIpc) is 2.61. The first-order chi connectivity index (χ1) is 11.6. The predicted octanol–water partition coefficient (Wildman–Crippen LogP) is 3.83. The molecule has 4 heteroatoms. The molecular weight excluding hydrogens is 300 g/mol. The Morgan fingerprint density at radius 2 is 1.67 bits per heavy atom. The normalized spacial score (nSPS) is 10.4. The maximum absolute atomic E-state index is 11.9. The zero-order valence-electron chi connectivity index (χ0n) is 13.6. The van der Waals surface area contributed by atoms with Crippen LogP contribution in [-0.4, -0.2) is 18.0 Å². The van der Waals surface area contributed by atoms with Crippen LogP contribution in [0.2, 0.25) is 0 Å². The summed E-state index contributed by atoms with van der Waals surface area (Å²) >= 11 is 0. The fourth-order valence-corrected chi connectivity index (χ4v) is 2.74. The zero-order valence-corrected chi connectivity index (χ0v) is 13.6. The minimum atomic E-state index is -0.481. The molecule has 0 unspecified atom stereocenters. The summed E-state index contributed by atoms with van der Waals surface area (Å²) in [5.41, 5.74) is 10.1. The van der Waals surface area contributed by atoms with Gasteiger partial charge in [-0.2, -0.15) is 0 Å². The van der Waals surface area contributed by atoms with Crippen LogP contribution in [0.3, 0.4) is 0 Å². The molecule has 24 heavy (non-hydrogen) atoms. The van der Waals surface area contributed by atoms with Crippen molar-refractivity contribution in [1.29, 1.82) is 0 Å². The van der Waals surface area contributed by atoms with Crippen molar-refractivity contribution in [2.45, 2.75) is 6.92 Å². The van der Waals surface area contributed by atoms with Crippen LogP contribution in [0.25, 0.3) is 22.4 Å². The van der Waals surface area contributed by atoms with Gasteiger partial charge < -0.3 is 10.5 Å². The molecule has 0 saturated heterocycles. The Hall–Kier alpha value is -3.14. The Morgan fingerprint density at radius 3 is 2.25 bits per heavy atom. The van der Waals surface area contributed by atoms with E-state index in [4.69, 9.17) is 10.5 Å². The summed E-state index contributed by atoms with van der Waals surface area (Å²) in [6.07, 6.45) is 0. The summed E-state index contributed by atoms with van der Waals surface area (Å²) in [6.45, 7) is 1.81. The van der Waals surface area contributed by atoms with Gasteiger partial charge in [0, 0.05) is 5.56 Å². The molecule has 1 amide bonds. The number of nitrogens with zero attached hydrogens (tertiary/aromatic N) is 1. The predicted molar refractivity (Wildman–Crippen MR) is 94.9 cm³/mol. The molecule has 120 valence electrons. The van der Waals surface area contributed by atoms with Crippen LogP contribution in [-0.2, 0) is 0 Å². The third-order valence-electron chi connectivity index (χ3n) is 3.92. The first kappa shape index (κ1) is 15.7. The number of primary amides is 1. The highest BCUT2D eigenvalue weighted by atomic mass is 16.5. The summed E-state index contributed by atoms with van der Waals surface area (Å²) in [5.74, 6) is 0.277. The number of ether oxygens (including phenoxy) is 1. The molecule has 0 bridgehead atoms. The number of aryl methyl sites for hydroxylation is 1. The van der Waals surface area contributed by atoms with Gasteiger partial charge in [0.1, 0.15) is 5.75 Å². The van der Waals surface area contributed by atoms with Gasteiger partial charge in [0.25, 0.3) is 5.91 Å². The maximum Gasteiger partial charge on any atom is 0.251 e. The first-order valence-corrected chi connectivity index (χ1v) is 7.61. The van der Waals surface area contributed by atoms with Crippen molar-refractivity contribution < 1.29 is 9.53 Å². The number of pyridine rings is 1. The van der Waals surface area contributed by atoms with Crippen molar-refractivity contribution in [3.8, 4) is 28.1 Å². The second kappa shape index (κ2) is 6.54. The molecule has 1 heterocycles. The van der Waals surface area contributed by atoms with E-state index in [1.165, 1.54) is 0 Å². The number of methoxy groups -OCH3 is 1. The molecule has 0 radical (unpaired) electrons. The summed E-state index contributed by atoms with van der Waals surface area (Å²) in [6, 6.07) is 19.3. The molecule has 3 aromatic rings. The van der Waals surface area contributed by atoms with E-state index in [1.807, 2.05) is 60.7 Å². The Morgan fingerprint density at radius 1 is 1.00 bits per heavy atom. The van der Waals surface area contributed by atoms with Crippen molar-refractivity contribution in [1.82, 2.24) is 4.98 Å². The highest BCUT2D eigenvalue weighted by molar-refractivity contribution is 6.01. The highest BCUT2D eigenvalue weighted by Crippen LogP contribution is 2.31. The van der Waals surface area contributed by atoms with Gasteiger partial charge >= 0.3 is 0 Å². The minimum absolute atomic E-state index is 0.444. The number of rotatable bonds is 4. The van der Waals surface area contributed by atoms with E-state index in [2.05, 4.69) is 4.98 Å². The molecule has 0 aliphatic rings. The lowest BCUT2D eigenvalue weighted by Crippen LogP contribution is -2.15. The highest BCUT2D eigenvalue weighted by Gasteiger charge is 2.16. The molecule has 1 aromatic heterocycles. The van der Waals surface area contributed by atoms with Gasteiger partial charge in [-0.3, -0.25) is 9.78 Å². The topological polar surface area (TPSA) is 65.2 Å². The molecule has 2 aromatic carbocycles. The standard InChI is InChI=1S/C20H18N2O2/c1-13-19(20(21)23)17(14-8-10-16(24-2)11-9-14)12-18(22-13)15-6-4-3-5-7-15/h3-12H,1-2H3,(H2,21,23). The fourth-order valence-electron chi connectivity index (χ4n) is 2.74. The first-order valence-electron chi connectivity index (χ1n) is 7.61. The molecule has 4 nitrogen and oxygen atoms in total. The lowest BCUT2D eigenvalue weighted by molar-refractivity contribution is 0.1000. The quantitative estimate of drug-likeness (QED) is 0.795. The van der Waals surface area contributed by atoms with Crippen LogP contribution in [0.5, 0.6) is 5.75 Å². The molecule has 0 fully saturated rings. The lowest BCUT2D eigenvalue weighted by atomic mass is 9.96. The van der Waals surface area contributed by atoms with E-state index in [0.717, 1.165) is 28.1 Å². The number of carbonyl (C=O) groups excluding carboxylic acids is 1. The second-order valence-electron chi connectivity index (χ2n) is 5.47. The van der Waals surface area contributed by atoms with Gasteiger partial charge in [0.15, 0.2) is 0 Å². The zero-order chi connectivity index (χ0) is 17.1. The Bertz CT molecular complexity index is 872. The van der Waals surface area contributed by atoms with Gasteiger partial charge in [-0.05, 0) is 36.2 Å². The Labute approximate surface area is 140 Å². The largest absolute Gasteiger partial charge is 0.497 e. The number of hydrogen-bond donors (Lipinski definition) is 1. The van der Waals surface area contributed by atoms with Gasteiger partial charge in [0.05, 0.1) is 24.1 Å². The summed E-state index contributed by atoms with van der Waals surface area (Å²) < 4.78 is 5.20. The van der Waals surface area contributed by atoms with E-state index >= 15 is 0 Å². The van der Waals surface area contributed by atoms with Crippen LogP contribution < -0.4 is 10.5 Å². The molecule has 2 N–H and O–H groups in total. The van der Waals surface area contributed by atoms with Crippen LogP contribution in [0.15, 0.2) is 60.7 Å². The number of nitrogens with two attached hydrogens (primary N) is 1. The molecule has 0 aliphatic heterocycles. The minimum Gasteiger partial charge on any atom is -0.497 e. The smallest absolute Gasteiger partial charge is 0.251 e. The maximum atomic E-state index is 11.9. The SMILES string of the molecule is COc1ccc(-c2cc(-c3ccccc3)nc(C)c2C(N)=O)cc1. The Balaban J connectivity index is 2.21. The lowest BCUT2D eigenvalue weighted by Gasteiger charge is -2.13. The van der Waals surface area contributed by atoms with Gasteiger partial charge in [-0.1, -0.05) is 42.5 Å². The summed E-state index contributed by atoms with van der Waals surface area (Å²) in [4.78, 5) is 16.5. The third kappa shape index (κ3) is 2.99. The molecule has 0 atom stereocenters. The van der Waals surface area contributed by atoms with Crippen molar-refractivity contribution >= 4 is 5.91 Å². The number of amides is 1. The van der Waals surface area contributed by atoms with Crippen molar-refractivity contribution in [2.75, 3.05) is 7.11 Å². The van der Waals surface area contributed by atoms with Gasteiger partial charge in [0.2, 0.25) is 0 Å². The van der Waals surface area contributed by atoms with E-state index < -0.39 is 5.91 Å². The van der Waals surface area contributed by atoms with Crippen molar-refractivity contribution in [2.24, 2.45) is 5.73 Å². The van der Waals surface area contributed by atoms with E-state index in [0.29, 0.717) is 11.3 Å².